The van der Waals surface area contributed by atoms with E-state index in [0.29, 0.717) is 59.3 Å². The van der Waals surface area contributed by atoms with Crippen LogP contribution < -0.4 is 15.1 Å². The fourth-order valence-corrected chi connectivity index (χ4v) is 6.14. The molecule has 2 heterocycles. The van der Waals surface area contributed by atoms with Gasteiger partial charge in [-0.3, -0.25) is 4.79 Å². The van der Waals surface area contributed by atoms with Gasteiger partial charge in [0.1, 0.15) is 11.0 Å². The van der Waals surface area contributed by atoms with E-state index in [2.05, 4.69) is 20.2 Å². The van der Waals surface area contributed by atoms with Gasteiger partial charge in [0.15, 0.2) is 5.16 Å². The average molecular weight is 590 g/mol. The number of hydrogen-bond donors (Lipinski definition) is 1. The summed E-state index contributed by atoms with van der Waals surface area (Å²) in [6, 6.07) is 15.0. The highest BCUT2D eigenvalue weighted by Crippen LogP contribution is 2.32. The first-order valence-electron chi connectivity index (χ1n) is 13.5. The number of anilines is 2. The highest BCUT2D eigenvalue weighted by atomic mass is 35.5. The van der Waals surface area contributed by atoms with Crippen LogP contribution >= 0.6 is 23.4 Å². The van der Waals surface area contributed by atoms with Gasteiger partial charge in [-0.15, -0.1) is 0 Å². The maximum absolute atomic E-state index is 13.1. The number of carbonyl (C=O) groups is 1. The monoisotopic (exact) mass is 589 g/mol. The van der Waals surface area contributed by atoms with Gasteiger partial charge in [-0.25, -0.2) is 9.97 Å². The van der Waals surface area contributed by atoms with Gasteiger partial charge in [0.2, 0.25) is 0 Å². The van der Waals surface area contributed by atoms with Crippen LogP contribution in [0.4, 0.5) is 24.7 Å². The van der Waals surface area contributed by atoms with E-state index >= 15 is 0 Å². The van der Waals surface area contributed by atoms with Crippen LogP contribution in [0.15, 0.2) is 59.8 Å². The average Bonchev–Trinajstić information content (AvgIpc) is 2.96. The molecule has 3 aromatic rings. The Labute approximate surface area is 241 Å². The second kappa shape index (κ2) is 12.7. The third-order valence-corrected chi connectivity index (χ3v) is 8.44. The minimum atomic E-state index is -4.37. The SMILES string of the molecule is O=C(NC1CCCCC1)c1ccc(CSc2nc(Cl)cc(N3CCN(c4cccc(C(F)(F)F)c4)CC3)n2)cc1. The van der Waals surface area contributed by atoms with Gasteiger partial charge in [-0.2, -0.15) is 13.2 Å². The Morgan fingerprint density at radius 3 is 2.35 bits per heavy atom. The summed E-state index contributed by atoms with van der Waals surface area (Å²) < 4.78 is 39.4. The highest BCUT2D eigenvalue weighted by molar-refractivity contribution is 7.98. The Kier molecular flexibility index (Phi) is 9.05. The Hall–Kier alpha value is -2.98. The molecule has 212 valence electrons. The standard InChI is InChI=1S/C29H31ClF3N5OS/c30-25-18-26(38-15-13-37(14-16-38)24-8-4-5-22(17-24)29(31,32)33)36-28(35-25)40-19-20-9-11-21(12-10-20)27(39)34-23-6-2-1-3-7-23/h4-5,8-12,17-18,23H,1-3,6-7,13-16,19H2,(H,34,39). The number of nitrogens with zero attached hydrogens (tertiary/aromatic N) is 4. The second-order valence-electron chi connectivity index (χ2n) is 10.1. The smallest absolute Gasteiger partial charge is 0.368 e. The van der Waals surface area contributed by atoms with Gasteiger partial charge in [-0.1, -0.05) is 60.8 Å². The molecule has 1 saturated heterocycles. The topological polar surface area (TPSA) is 61.4 Å². The molecule has 11 heteroatoms. The van der Waals surface area contributed by atoms with Gasteiger partial charge in [0, 0.05) is 55.3 Å². The molecule has 0 spiro atoms. The minimum Gasteiger partial charge on any atom is -0.368 e. The number of piperazine rings is 1. The molecule has 2 aliphatic rings. The molecule has 0 unspecified atom stereocenters. The van der Waals surface area contributed by atoms with Gasteiger partial charge in [0.05, 0.1) is 5.56 Å². The van der Waals surface area contributed by atoms with Gasteiger partial charge < -0.3 is 15.1 Å². The third-order valence-electron chi connectivity index (χ3n) is 7.33. The molecule has 1 aliphatic heterocycles. The van der Waals surface area contributed by atoms with Crippen molar-refractivity contribution < 1.29 is 18.0 Å². The maximum atomic E-state index is 13.1. The number of aromatic nitrogens is 2. The van der Waals surface area contributed by atoms with Crippen molar-refractivity contribution in [2.45, 2.75) is 55.2 Å². The molecule has 1 aliphatic carbocycles. The predicted molar refractivity (Wildman–Crippen MR) is 153 cm³/mol. The highest BCUT2D eigenvalue weighted by Gasteiger charge is 2.31. The molecule has 1 saturated carbocycles. The molecule has 2 fully saturated rings. The molecule has 2 aromatic carbocycles. The van der Waals surface area contributed by atoms with Crippen LogP contribution in [-0.4, -0.2) is 48.1 Å². The number of halogens is 4. The summed E-state index contributed by atoms with van der Waals surface area (Å²) in [7, 11) is 0. The molecule has 5 rings (SSSR count). The first-order chi connectivity index (χ1) is 19.2. The van der Waals surface area contributed by atoms with E-state index in [-0.39, 0.29) is 11.9 Å². The number of thioether (sulfide) groups is 1. The van der Waals surface area contributed by atoms with E-state index in [1.807, 2.05) is 29.2 Å². The zero-order chi connectivity index (χ0) is 28.1. The molecule has 0 atom stereocenters. The van der Waals surface area contributed by atoms with Crippen LogP contribution in [0.2, 0.25) is 5.15 Å². The first-order valence-corrected chi connectivity index (χ1v) is 14.9. The number of benzene rings is 2. The fraction of sp³-hybridized carbons (Fsp3) is 0.414. The molecule has 40 heavy (non-hydrogen) atoms. The van der Waals surface area contributed by atoms with E-state index < -0.39 is 11.7 Å². The van der Waals surface area contributed by atoms with Gasteiger partial charge >= 0.3 is 6.18 Å². The Morgan fingerprint density at radius 2 is 1.65 bits per heavy atom. The molecule has 6 nitrogen and oxygen atoms in total. The number of alkyl halides is 3. The van der Waals surface area contributed by atoms with Crippen LogP contribution in [0, 0.1) is 0 Å². The van der Waals surface area contributed by atoms with Gasteiger partial charge in [-0.05, 0) is 48.7 Å². The van der Waals surface area contributed by atoms with Crippen molar-refractivity contribution >= 4 is 40.8 Å². The molecule has 1 N–H and O–H groups in total. The van der Waals surface area contributed by atoms with Crippen LogP contribution in [0.25, 0.3) is 0 Å². The Morgan fingerprint density at radius 1 is 0.950 bits per heavy atom. The van der Waals surface area contributed by atoms with E-state index in [4.69, 9.17) is 11.6 Å². The number of amides is 1. The molecule has 1 amide bonds. The third kappa shape index (κ3) is 7.40. The van der Waals surface area contributed by atoms with Crippen LogP contribution in [0.3, 0.4) is 0 Å². The summed E-state index contributed by atoms with van der Waals surface area (Å²) in [6.07, 6.45) is 1.32. The lowest BCUT2D eigenvalue weighted by Gasteiger charge is -2.37. The summed E-state index contributed by atoms with van der Waals surface area (Å²) in [6.45, 7) is 2.31. The molecular formula is C29H31ClF3N5OS. The van der Waals surface area contributed by atoms with Crippen molar-refractivity contribution in [1.82, 2.24) is 15.3 Å². The van der Waals surface area contributed by atoms with Crippen molar-refractivity contribution in [2.24, 2.45) is 0 Å². The molecule has 0 bridgehead atoms. The molecule has 1 aromatic heterocycles. The maximum Gasteiger partial charge on any atom is 0.416 e. The van der Waals surface area contributed by atoms with Crippen molar-refractivity contribution in [3.8, 4) is 0 Å². The van der Waals surface area contributed by atoms with Crippen molar-refractivity contribution in [2.75, 3.05) is 36.0 Å². The molecular weight excluding hydrogens is 559 g/mol. The lowest BCUT2D eigenvalue weighted by molar-refractivity contribution is -0.137. The van der Waals surface area contributed by atoms with Crippen LogP contribution in [0.1, 0.15) is 53.6 Å². The zero-order valence-corrected chi connectivity index (χ0v) is 23.5. The number of rotatable bonds is 7. The zero-order valence-electron chi connectivity index (χ0n) is 22.0. The van der Waals surface area contributed by atoms with E-state index in [1.54, 1.807) is 12.1 Å². The first kappa shape index (κ1) is 28.5. The molecule has 0 radical (unpaired) electrons. The summed E-state index contributed by atoms with van der Waals surface area (Å²) in [4.78, 5) is 25.6. The summed E-state index contributed by atoms with van der Waals surface area (Å²) in [5.41, 5.74) is 1.61. The van der Waals surface area contributed by atoms with E-state index in [0.717, 1.165) is 24.5 Å². The Bertz CT molecular complexity index is 1310. The van der Waals surface area contributed by atoms with Crippen LogP contribution in [0.5, 0.6) is 0 Å². The lowest BCUT2D eigenvalue weighted by Crippen LogP contribution is -2.47. The van der Waals surface area contributed by atoms with Gasteiger partial charge in [0.25, 0.3) is 5.91 Å². The second-order valence-corrected chi connectivity index (χ2v) is 11.5. The van der Waals surface area contributed by atoms with Crippen molar-refractivity contribution in [1.29, 1.82) is 0 Å². The number of carbonyl (C=O) groups excluding carboxylic acids is 1. The summed E-state index contributed by atoms with van der Waals surface area (Å²) >= 11 is 7.78. The van der Waals surface area contributed by atoms with E-state index in [1.165, 1.54) is 43.2 Å². The summed E-state index contributed by atoms with van der Waals surface area (Å²) in [5, 5.41) is 4.02. The Balaban J connectivity index is 1.16. The lowest BCUT2D eigenvalue weighted by atomic mass is 9.95. The van der Waals surface area contributed by atoms with Crippen molar-refractivity contribution in [3.63, 3.8) is 0 Å². The van der Waals surface area contributed by atoms with E-state index in [9.17, 15) is 18.0 Å². The van der Waals surface area contributed by atoms with Crippen molar-refractivity contribution in [3.05, 3.63) is 76.4 Å². The number of nitrogens with one attached hydrogen (secondary N) is 1. The predicted octanol–water partition coefficient (Wildman–Crippen LogP) is 6.83. The van der Waals surface area contributed by atoms with Crippen LogP contribution in [-0.2, 0) is 11.9 Å². The number of hydrogen-bond acceptors (Lipinski definition) is 6. The largest absolute Gasteiger partial charge is 0.416 e. The summed E-state index contributed by atoms with van der Waals surface area (Å²) in [5.74, 6) is 1.29. The quantitative estimate of drug-likeness (QED) is 0.185. The fourth-order valence-electron chi connectivity index (χ4n) is 5.10. The minimum absolute atomic E-state index is 0.0259. The normalized spacial score (nSPS) is 16.7.